The molecule has 1 aliphatic heterocycles. The first kappa shape index (κ1) is 10.2. The molecule has 1 unspecified atom stereocenters. The summed E-state index contributed by atoms with van der Waals surface area (Å²) in [4.78, 5) is 6.49. The molecule has 0 aromatic carbocycles. The summed E-state index contributed by atoms with van der Waals surface area (Å²) in [6.45, 7) is 4.56. The number of ether oxygens (including phenoxy) is 1. The smallest absolute Gasteiger partial charge is 0.213 e. The van der Waals surface area contributed by atoms with Crippen LogP contribution in [0.25, 0.3) is 0 Å². The molecule has 82 valence electrons. The second kappa shape index (κ2) is 4.49. The monoisotopic (exact) mass is 207 g/mol. The van der Waals surface area contributed by atoms with Crippen LogP contribution in [0.1, 0.15) is 13.3 Å². The van der Waals surface area contributed by atoms with E-state index in [0.717, 1.165) is 25.2 Å². The van der Waals surface area contributed by atoms with Gasteiger partial charge in [-0.25, -0.2) is 4.98 Å². The minimum absolute atomic E-state index is 0.302. The molecule has 1 fully saturated rings. The summed E-state index contributed by atoms with van der Waals surface area (Å²) in [5.74, 6) is 0.685. The number of hydrogen-bond donors (Lipinski definition) is 1. The summed E-state index contributed by atoms with van der Waals surface area (Å²) in [5, 5.41) is 0. The van der Waals surface area contributed by atoms with E-state index in [4.69, 9.17) is 10.5 Å². The molecule has 0 spiro atoms. The van der Waals surface area contributed by atoms with Crippen LogP contribution in [0.3, 0.4) is 0 Å². The van der Waals surface area contributed by atoms with Crippen molar-refractivity contribution in [2.24, 2.45) is 5.73 Å². The van der Waals surface area contributed by atoms with Gasteiger partial charge >= 0.3 is 0 Å². The SMILES string of the molecule is CCOc1ccc(N2CCC(N)C2)cn1. The zero-order valence-corrected chi connectivity index (χ0v) is 9.02. The standard InChI is InChI=1S/C11H17N3O/c1-2-15-11-4-3-10(7-13-11)14-6-5-9(12)8-14/h3-4,7,9H,2,5-6,8,12H2,1H3. The molecule has 0 radical (unpaired) electrons. The second-order valence-electron chi connectivity index (χ2n) is 3.78. The highest BCUT2D eigenvalue weighted by Crippen LogP contribution is 2.20. The minimum atomic E-state index is 0.302. The van der Waals surface area contributed by atoms with E-state index in [9.17, 15) is 0 Å². The molecule has 1 aromatic rings. The first-order chi connectivity index (χ1) is 7.29. The molecule has 4 nitrogen and oxygen atoms in total. The number of nitrogens with zero attached hydrogens (tertiary/aromatic N) is 2. The maximum absolute atomic E-state index is 5.85. The van der Waals surface area contributed by atoms with Crippen molar-refractivity contribution < 1.29 is 4.74 Å². The lowest BCUT2D eigenvalue weighted by molar-refractivity contribution is 0.327. The van der Waals surface area contributed by atoms with E-state index in [1.54, 1.807) is 0 Å². The normalized spacial score (nSPS) is 20.7. The molecule has 0 amide bonds. The first-order valence-corrected chi connectivity index (χ1v) is 5.39. The molecule has 1 aliphatic rings. The number of hydrogen-bond acceptors (Lipinski definition) is 4. The average Bonchev–Trinajstić information content (AvgIpc) is 2.67. The van der Waals surface area contributed by atoms with E-state index in [1.165, 1.54) is 0 Å². The number of aromatic nitrogens is 1. The lowest BCUT2D eigenvalue weighted by Crippen LogP contribution is -2.26. The van der Waals surface area contributed by atoms with Crippen LogP contribution in [0.4, 0.5) is 5.69 Å². The van der Waals surface area contributed by atoms with E-state index in [1.807, 2.05) is 25.3 Å². The maximum atomic E-state index is 5.85. The average molecular weight is 207 g/mol. The van der Waals surface area contributed by atoms with E-state index >= 15 is 0 Å². The quantitative estimate of drug-likeness (QED) is 0.804. The summed E-state index contributed by atoms with van der Waals surface area (Å²) in [5.41, 5.74) is 6.98. The van der Waals surface area contributed by atoms with Gasteiger partial charge in [0.05, 0.1) is 18.5 Å². The highest BCUT2D eigenvalue weighted by Gasteiger charge is 2.19. The molecular weight excluding hydrogens is 190 g/mol. The van der Waals surface area contributed by atoms with Gasteiger partial charge in [-0.1, -0.05) is 0 Å². The summed E-state index contributed by atoms with van der Waals surface area (Å²) in [6.07, 6.45) is 2.91. The highest BCUT2D eigenvalue weighted by atomic mass is 16.5. The Hall–Kier alpha value is -1.29. The van der Waals surface area contributed by atoms with Crippen molar-refractivity contribution in [3.05, 3.63) is 18.3 Å². The van der Waals surface area contributed by atoms with Crippen LogP contribution < -0.4 is 15.4 Å². The molecule has 0 saturated carbocycles. The fourth-order valence-electron chi connectivity index (χ4n) is 1.81. The molecule has 2 heterocycles. The number of anilines is 1. The molecule has 2 rings (SSSR count). The van der Waals surface area contributed by atoms with Crippen molar-refractivity contribution in [1.82, 2.24) is 4.98 Å². The van der Waals surface area contributed by atoms with Crippen LogP contribution in [0.15, 0.2) is 18.3 Å². The van der Waals surface area contributed by atoms with Gasteiger partial charge in [0.2, 0.25) is 5.88 Å². The van der Waals surface area contributed by atoms with Crippen LogP contribution in [-0.4, -0.2) is 30.7 Å². The third-order valence-electron chi connectivity index (χ3n) is 2.60. The Bertz CT molecular complexity index is 312. The second-order valence-corrected chi connectivity index (χ2v) is 3.78. The van der Waals surface area contributed by atoms with Gasteiger partial charge in [-0.15, -0.1) is 0 Å². The molecule has 4 heteroatoms. The lowest BCUT2D eigenvalue weighted by Gasteiger charge is -2.17. The van der Waals surface area contributed by atoms with Gasteiger partial charge in [0.1, 0.15) is 0 Å². The van der Waals surface area contributed by atoms with Crippen molar-refractivity contribution in [3.8, 4) is 5.88 Å². The molecule has 1 atom stereocenters. The number of rotatable bonds is 3. The molecular formula is C11H17N3O. The first-order valence-electron chi connectivity index (χ1n) is 5.39. The maximum Gasteiger partial charge on any atom is 0.213 e. The van der Waals surface area contributed by atoms with Crippen LogP contribution >= 0.6 is 0 Å². The number of pyridine rings is 1. The van der Waals surface area contributed by atoms with E-state index in [0.29, 0.717) is 18.5 Å². The van der Waals surface area contributed by atoms with E-state index in [2.05, 4.69) is 9.88 Å². The Balaban J connectivity index is 2.03. The Morgan fingerprint density at radius 1 is 1.60 bits per heavy atom. The van der Waals surface area contributed by atoms with Gasteiger partial charge in [0, 0.05) is 25.2 Å². The lowest BCUT2D eigenvalue weighted by atomic mass is 10.3. The molecule has 1 aromatic heterocycles. The Labute approximate surface area is 90.0 Å². The largest absolute Gasteiger partial charge is 0.478 e. The van der Waals surface area contributed by atoms with Gasteiger partial charge in [-0.2, -0.15) is 0 Å². The summed E-state index contributed by atoms with van der Waals surface area (Å²) in [7, 11) is 0. The van der Waals surface area contributed by atoms with Gasteiger partial charge < -0.3 is 15.4 Å². The van der Waals surface area contributed by atoms with Crippen molar-refractivity contribution in [3.63, 3.8) is 0 Å². The zero-order valence-electron chi connectivity index (χ0n) is 9.02. The Morgan fingerprint density at radius 2 is 2.47 bits per heavy atom. The highest BCUT2D eigenvalue weighted by molar-refractivity contribution is 5.46. The fourth-order valence-corrected chi connectivity index (χ4v) is 1.81. The predicted molar refractivity (Wildman–Crippen MR) is 60.2 cm³/mol. The van der Waals surface area contributed by atoms with Crippen LogP contribution in [0.2, 0.25) is 0 Å². The number of nitrogens with two attached hydrogens (primary N) is 1. The predicted octanol–water partition coefficient (Wildman–Crippen LogP) is 1.02. The Kier molecular flexibility index (Phi) is 3.06. The Morgan fingerprint density at radius 3 is 3.00 bits per heavy atom. The van der Waals surface area contributed by atoms with Crippen LogP contribution in [-0.2, 0) is 0 Å². The van der Waals surface area contributed by atoms with Gasteiger partial charge in [-0.3, -0.25) is 0 Å². The third kappa shape index (κ3) is 2.39. The molecule has 15 heavy (non-hydrogen) atoms. The van der Waals surface area contributed by atoms with Crippen molar-refractivity contribution in [2.45, 2.75) is 19.4 Å². The minimum Gasteiger partial charge on any atom is -0.478 e. The van der Waals surface area contributed by atoms with Crippen LogP contribution in [0.5, 0.6) is 5.88 Å². The summed E-state index contributed by atoms with van der Waals surface area (Å²) >= 11 is 0. The van der Waals surface area contributed by atoms with Crippen molar-refractivity contribution >= 4 is 5.69 Å². The molecule has 2 N–H and O–H groups in total. The van der Waals surface area contributed by atoms with E-state index in [-0.39, 0.29) is 0 Å². The van der Waals surface area contributed by atoms with Crippen molar-refractivity contribution in [2.75, 3.05) is 24.6 Å². The van der Waals surface area contributed by atoms with Gasteiger partial charge in [0.25, 0.3) is 0 Å². The summed E-state index contributed by atoms with van der Waals surface area (Å²) < 4.78 is 5.29. The van der Waals surface area contributed by atoms with E-state index < -0.39 is 0 Å². The fraction of sp³-hybridized carbons (Fsp3) is 0.545. The van der Waals surface area contributed by atoms with Gasteiger partial charge in [0.15, 0.2) is 0 Å². The zero-order chi connectivity index (χ0) is 10.7. The molecule has 0 bridgehead atoms. The van der Waals surface area contributed by atoms with Crippen LogP contribution in [0, 0.1) is 0 Å². The summed E-state index contributed by atoms with van der Waals surface area (Å²) in [6, 6.07) is 4.25. The third-order valence-corrected chi connectivity index (χ3v) is 2.60. The van der Waals surface area contributed by atoms with Gasteiger partial charge in [-0.05, 0) is 19.4 Å². The molecule has 0 aliphatic carbocycles. The topological polar surface area (TPSA) is 51.4 Å². The van der Waals surface area contributed by atoms with Crippen molar-refractivity contribution in [1.29, 1.82) is 0 Å². The molecule has 1 saturated heterocycles.